The highest BCUT2D eigenvalue weighted by Crippen LogP contribution is 2.27. The van der Waals surface area contributed by atoms with Gasteiger partial charge >= 0.3 is 0 Å². The van der Waals surface area contributed by atoms with Crippen LogP contribution in [0.4, 0.5) is 0 Å². The van der Waals surface area contributed by atoms with E-state index in [0.29, 0.717) is 6.04 Å². The van der Waals surface area contributed by atoms with Gasteiger partial charge in [0.1, 0.15) is 0 Å². The lowest BCUT2D eigenvalue weighted by atomic mass is 10.0. The van der Waals surface area contributed by atoms with Gasteiger partial charge in [-0.1, -0.05) is 0 Å². The number of piperazine rings is 1. The molecule has 7 heteroatoms. The maximum absolute atomic E-state index is 6.60. The first-order chi connectivity index (χ1) is 9.90. The Labute approximate surface area is 136 Å². The Morgan fingerprint density at radius 2 is 2.14 bits per heavy atom. The summed E-state index contributed by atoms with van der Waals surface area (Å²) in [5.41, 5.74) is 7.70. The molecule has 1 fully saturated rings. The van der Waals surface area contributed by atoms with E-state index >= 15 is 0 Å². The Kier molecular flexibility index (Phi) is 5.79. The highest BCUT2D eigenvalue weighted by Gasteiger charge is 2.31. The van der Waals surface area contributed by atoms with Gasteiger partial charge in [0.15, 0.2) is 0 Å². The van der Waals surface area contributed by atoms with Gasteiger partial charge in [-0.3, -0.25) is 9.58 Å². The van der Waals surface area contributed by atoms with Gasteiger partial charge in [-0.25, -0.2) is 0 Å². The fraction of sp³-hybridized carbons (Fsp3) is 0.786. The first kappa shape index (κ1) is 16.9. The monoisotopic (exact) mass is 358 g/mol. The van der Waals surface area contributed by atoms with Gasteiger partial charge in [-0.15, -0.1) is 0 Å². The molecule has 1 aromatic rings. The van der Waals surface area contributed by atoms with Crippen LogP contribution in [0.2, 0.25) is 0 Å². The van der Waals surface area contributed by atoms with Crippen LogP contribution in [-0.4, -0.2) is 84.9 Å². The molecule has 1 aliphatic rings. The zero-order chi connectivity index (χ0) is 15.6. The summed E-state index contributed by atoms with van der Waals surface area (Å²) in [5, 5.41) is 4.48. The maximum atomic E-state index is 6.60. The lowest BCUT2D eigenvalue weighted by molar-refractivity contribution is 0.0950. The minimum atomic E-state index is -0.0446. The second-order valence-electron chi connectivity index (χ2n) is 6.24. The molecule has 0 radical (unpaired) electrons. The van der Waals surface area contributed by atoms with Crippen molar-refractivity contribution in [2.45, 2.75) is 18.6 Å². The number of halogens is 1. The van der Waals surface area contributed by atoms with Crippen LogP contribution in [0.1, 0.15) is 11.7 Å². The van der Waals surface area contributed by atoms with Crippen LogP contribution < -0.4 is 5.73 Å². The summed E-state index contributed by atoms with van der Waals surface area (Å²) in [7, 11) is 8.46. The molecule has 21 heavy (non-hydrogen) atoms. The number of hydrogen-bond donors (Lipinski definition) is 1. The number of aromatic nitrogens is 2. The fourth-order valence-electron chi connectivity index (χ4n) is 2.79. The molecule has 1 aromatic heterocycles. The molecular weight excluding hydrogens is 332 g/mol. The zero-order valence-corrected chi connectivity index (χ0v) is 15.0. The molecular formula is C14H27BrN6. The van der Waals surface area contributed by atoms with Crippen molar-refractivity contribution >= 4 is 15.9 Å². The van der Waals surface area contributed by atoms with Gasteiger partial charge in [-0.2, -0.15) is 5.10 Å². The van der Waals surface area contributed by atoms with E-state index in [9.17, 15) is 0 Å². The van der Waals surface area contributed by atoms with Crippen molar-refractivity contribution in [3.8, 4) is 0 Å². The molecule has 0 aliphatic carbocycles. The smallest absolute Gasteiger partial charge is 0.0710 e. The number of rotatable bonds is 5. The van der Waals surface area contributed by atoms with Crippen LogP contribution in [0.3, 0.4) is 0 Å². The van der Waals surface area contributed by atoms with Gasteiger partial charge in [0.25, 0.3) is 0 Å². The van der Waals surface area contributed by atoms with Crippen LogP contribution in [-0.2, 0) is 6.54 Å². The standard InChI is InChI=1S/C14H27BrN6/c1-18(2)5-8-21-14(11(15)9-17-21)13(16)12-10-19(3)6-7-20(12)4/h9,12-13H,5-8,10,16H2,1-4H3. The summed E-state index contributed by atoms with van der Waals surface area (Å²) in [6, 6.07) is 0.270. The molecule has 0 amide bonds. The van der Waals surface area contributed by atoms with E-state index in [1.807, 2.05) is 10.9 Å². The molecule has 120 valence electrons. The Morgan fingerprint density at radius 1 is 1.43 bits per heavy atom. The van der Waals surface area contributed by atoms with E-state index < -0.39 is 0 Å². The molecule has 1 aliphatic heterocycles. The third-order valence-corrected chi connectivity index (χ3v) is 4.83. The molecule has 2 N–H and O–H groups in total. The van der Waals surface area contributed by atoms with E-state index in [2.05, 4.69) is 63.9 Å². The van der Waals surface area contributed by atoms with Crippen LogP contribution in [0, 0.1) is 0 Å². The Morgan fingerprint density at radius 3 is 2.81 bits per heavy atom. The summed E-state index contributed by atoms with van der Waals surface area (Å²) in [5.74, 6) is 0. The lowest BCUT2D eigenvalue weighted by Gasteiger charge is -2.40. The van der Waals surface area contributed by atoms with Crippen LogP contribution >= 0.6 is 15.9 Å². The number of likely N-dealkylation sites (N-methyl/N-ethyl adjacent to an activating group) is 3. The summed E-state index contributed by atoms with van der Waals surface area (Å²) in [6.45, 7) is 4.95. The molecule has 0 bridgehead atoms. The molecule has 2 unspecified atom stereocenters. The summed E-state index contributed by atoms with van der Waals surface area (Å²) in [4.78, 5) is 6.87. The van der Waals surface area contributed by atoms with Crippen LogP contribution in [0.25, 0.3) is 0 Å². The van der Waals surface area contributed by atoms with Crippen LogP contribution in [0.15, 0.2) is 10.7 Å². The van der Waals surface area contributed by atoms with Gasteiger partial charge in [0, 0.05) is 32.2 Å². The normalized spacial score (nSPS) is 22.9. The first-order valence-corrected chi connectivity index (χ1v) is 8.19. The second kappa shape index (κ2) is 7.19. The average Bonchev–Trinajstić information content (AvgIpc) is 2.79. The number of nitrogens with zero attached hydrogens (tertiary/aromatic N) is 5. The van der Waals surface area contributed by atoms with Crippen molar-refractivity contribution < 1.29 is 0 Å². The third-order valence-electron chi connectivity index (χ3n) is 4.22. The summed E-state index contributed by atoms with van der Waals surface area (Å²) < 4.78 is 3.05. The molecule has 2 heterocycles. The Balaban J connectivity index is 2.17. The van der Waals surface area contributed by atoms with E-state index in [-0.39, 0.29) is 6.04 Å². The first-order valence-electron chi connectivity index (χ1n) is 7.40. The SMILES string of the molecule is CN(C)CCn1ncc(Br)c1C(N)C1CN(C)CCN1C. The van der Waals surface area contributed by atoms with Gasteiger partial charge < -0.3 is 15.5 Å². The predicted octanol–water partition coefficient (Wildman–Crippen LogP) is 0.453. The minimum Gasteiger partial charge on any atom is -0.321 e. The molecule has 0 spiro atoms. The third kappa shape index (κ3) is 4.04. The van der Waals surface area contributed by atoms with Crippen molar-refractivity contribution in [3.05, 3.63) is 16.4 Å². The van der Waals surface area contributed by atoms with Gasteiger partial charge in [-0.05, 0) is 44.1 Å². The highest BCUT2D eigenvalue weighted by atomic mass is 79.9. The van der Waals surface area contributed by atoms with Crippen molar-refractivity contribution in [2.24, 2.45) is 5.73 Å². The number of nitrogens with two attached hydrogens (primary N) is 1. The molecule has 2 atom stereocenters. The van der Waals surface area contributed by atoms with E-state index in [4.69, 9.17) is 5.73 Å². The van der Waals surface area contributed by atoms with E-state index in [1.54, 1.807) is 0 Å². The lowest BCUT2D eigenvalue weighted by Crippen LogP contribution is -2.54. The van der Waals surface area contributed by atoms with Crippen LogP contribution in [0.5, 0.6) is 0 Å². The topological polar surface area (TPSA) is 53.6 Å². The second-order valence-corrected chi connectivity index (χ2v) is 7.09. The van der Waals surface area contributed by atoms with E-state index in [1.165, 1.54) is 0 Å². The molecule has 6 nitrogen and oxygen atoms in total. The maximum Gasteiger partial charge on any atom is 0.0710 e. The predicted molar refractivity (Wildman–Crippen MR) is 89.3 cm³/mol. The van der Waals surface area contributed by atoms with Crippen molar-refractivity contribution in [1.82, 2.24) is 24.5 Å². The summed E-state index contributed by atoms with van der Waals surface area (Å²) in [6.07, 6.45) is 1.86. The molecule has 2 rings (SSSR count). The Hall–Kier alpha value is -0.470. The Bertz CT molecular complexity index is 460. The highest BCUT2D eigenvalue weighted by molar-refractivity contribution is 9.10. The quantitative estimate of drug-likeness (QED) is 0.828. The molecule has 0 saturated carbocycles. The zero-order valence-electron chi connectivity index (χ0n) is 13.5. The van der Waals surface area contributed by atoms with Crippen molar-refractivity contribution in [3.63, 3.8) is 0 Å². The minimum absolute atomic E-state index is 0.0446. The number of hydrogen-bond acceptors (Lipinski definition) is 5. The average molecular weight is 359 g/mol. The largest absolute Gasteiger partial charge is 0.321 e. The van der Waals surface area contributed by atoms with Gasteiger partial charge in [0.05, 0.1) is 29.0 Å². The van der Waals surface area contributed by atoms with Gasteiger partial charge in [0.2, 0.25) is 0 Å². The van der Waals surface area contributed by atoms with Crippen molar-refractivity contribution in [2.75, 3.05) is 54.4 Å². The molecule has 0 aromatic carbocycles. The summed E-state index contributed by atoms with van der Waals surface area (Å²) >= 11 is 3.62. The molecule has 1 saturated heterocycles. The van der Waals surface area contributed by atoms with Crippen molar-refractivity contribution in [1.29, 1.82) is 0 Å². The fourth-order valence-corrected chi connectivity index (χ4v) is 3.35. The van der Waals surface area contributed by atoms with E-state index in [0.717, 1.165) is 42.9 Å².